The summed E-state index contributed by atoms with van der Waals surface area (Å²) in [6.45, 7) is 12.7. The van der Waals surface area contributed by atoms with Crippen LogP contribution in [0.5, 0.6) is 0 Å². The van der Waals surface area contributed by atoms with Gasteiger partial charge < -0.3 is 0 Å². The summed E-state index contributed by atoms with van der Waals surface area (Å²) < 4.78 is 31.2. The molecular weight excluding hydrogens is 402 g/mol. The molecule has 1 aliphatic rings. The molecule has 0 heterocycles. The maximum atomic E-state index is 14.0. The highest BCUT2D eigenvalue weighted by molar-refractivity contribution is 7.89. The number of hydrogen-bond acceptors (Lipinski definition) is 2. The van der Waals surface area contributed by atoms with Crippen LogP contribution in [0, 0.1) is 5.92 Å². The molecule has 0 radical (unpaired) electrons. The molecule has 31 heavy (non-hydrogen) atoms. The number of rotatable bonds is 8. The normalized spacial score (nSPS) is 16.5. The van der Waals surface area contributed by atoms with Gasteiger partial charge in [0.2, 0.25) is 10.0 Å². The molecule has 1 N–H and O–H groups in total. The van der Waals surface area contributed by atoms with Crippen LogP contribution >= 0.6 is 0 Å². The van der Waals surface area contributed by atoms with Gasteiger partial charge in [-0.1, -0.05) is 96.8 Å². The first-order valence-electron chi connectivity index (χ1n) is 11.9. The summed E-state index contributed by atoms with van der Waals surface area (Å²) in [5, 5.41) is 0. The Kier molecular flexibility index (Phi) is 7.64. The summed E-state index contributed by atoms with van der Waals surface area (Å²) in [5.41, 5.74) is 4.14. The molecule has 1 fully saturated rings. The van der Waals surface area contributed by atoms with Crippen molar-refractivity contribution in [3.05, 3.63) is 64.7 Å². The maximum Gasteiger partial charge on any atom is 0.241 e. The second-order valence-electron chi connectivity index (χ2n) is 10.0. The highest BCUT2D eigenvalue weighted by atomic mass is 32.2. The lowest BCUT2D eigenvalue weighted by Gasteiger charge is -2.28. The topological polar surface area (TPSA) is 46.2 Å². The molecule has 0 bridgehead atoms. The first-order valence-corrected chi connectivity index (χ1v) is 13.3. The number of nitrogens with one attached hydrogen (secondary N) is 1. The fourth-order valence-corrected chi connectivity index (χ4v) is 6.80. The van der Waals surface area contributed by atoms with Crippen molar-refractivity contribution in [2.75, 3.05) is 0 Å². The van der Waals surface area contributed by atoms with E-state index in [1.807, 2.05) is 18.2 Å². The quantitative estimate of drug-likeness (QED) is 0.468. The van der Waals surface area contributed by atoms with E-state index in [2.05, 4.69) is 70.5 Å². The van der Waals surface area contributed by atoms with Crippen LogP contribution in [-0.4, -0.2) is 8.42 Å². The van der Waals surface area contributed by atoms with Crippen LogP contribution in [0.25, 0.3) is 0 Å². The summed E-state index contributed by atoms with van der Waals surface area (Å²) in [6.07, 6.45) is 4.49. The minimum Gasteiger partial charge on any atom is -0.207 e. The zero-order valence-corrected chi connectivity index (χ0v) is 20.8. The second kappa shape index (κ2) is 9.87. The van der Waals surface area contributed by atoms with E-state index in [0.29, 0.717) is 16.7 Å². The van der Waals surface area contributed by atoms with Crippen molar-refractivity contribution in [1.82, 2.24) is 4.72 Å². The van der Waals surface area contributed by atoms with E-state index in [-0.39, 0.29) is 17.9 Å². The largest absolute Gasteiger partial charge is 0.241 e. The van der Waals surface area contributed by atoms with Gasteiger partial charge >= 0.3 is 0 Å². The Hall–Kier alpha value is -1.65. The highest BCUT2D eigenvalue weighted by Gasteiger charge is 2.33. The zero-order valence-electron chi connectivity index (χ0n) is 20.0. The van der Waals surface area contributed by atoms with E-state index in [0.717, 1.165) is 29.5 Å². The van der Waals surface area contributed by atoms with Gasteiger partial charge in [-0.05, 0) is 58.8 Å². The van der Waals surface area contributed by atoms with E-state index < -0.39 is 10.0 Å². The summed E-state index contributed by atoms with van der Waals surface area (Å²) in [6, 6.07) is 14.1. The van der Waals surface area contributed by atoms with Gasteiger partial charge in [0.1, 0.15) is 0 Å². The molecule has 1 atom stereocenters. The Morgan fingerprint density at radius 3 is 1.74 bits per heavy atom. The predicted octanol–water partition coefficient (Wildman–Crippen LogP) is 7.27. The Balaban J connectivity index is 2.13. The third kappa shape index (κ3) is 5.40. The third-order valence-corrected chi connectivity index (χ3v) is 8.23. The average molecular weight is 442 g/mol. The second-order valence-corrected chi connectivity index (χ2v) is 11.7. The molecule has 0 aliphatic heterocycles. The van der Waals surface area contributed by atoms with Gasteiger partial charge in [0, 0.05) is 6.04 Å². The lowest BCUT2D eigenvalue weighted by molar-refractivity contribution is 0.410. The molecular formula is C27H39NO2S. The van der Waals surface area contributed by atoms with Crippen molar-refractivity contribution < 1.29 is 8.42 Å². The van der Waals surface area contributed by atoms with Crippen molar-refractivity contribution in [2.24, 2.45) is 5.92 Å². The zero-order chi connectivity index (χ0) is 22.8. The van der Waals surface area contributed by atoms with Crippen LogP contribution in [0.1, 0.15) is 113 Å². The summed E-state index contributed by atoms with van der Waals surface area (Å²) in [7, 11) is -3.69. The van der Waals surface area contributed by atoms with Crippen molar-refractivity contribution in [2.45, 2.75) is 95.9 Å². The van der Waals surface area contributed by atoms with E-state index in [1.54, 1.807) is 0 Å². The Morgan fingerprint density at radius 1 is 0.774 bits per heavy atom. The van der Waals surface area contributed by atoms with Crippen LogP contribution in [0.2, 0.25) is 0 Å². The van der Waals surface area contributed by atoms with Gasteiger partial charge in [-0.2, -0.15) is 0 Å². The van der Waals surface area contributed by atoms with Crippen LogP contribution in [0.15, 0.2) is 47.4 Å². The van der Waals surface area contributed by atoms with E-state index in [4.69, 9.17) is 0 Å². The molecule has 4 heteroatoms. The molecule has 1 saturated carbocycles. The fourth-order valence-electron chi connectivity index (χ4n) is 4.81. The monoisotopic (exact) mass is 441 g/mol. The molecule has 2 aromatic rings. The van der Waals surface area contributed by atoms with Crippen molar-refractivity contribution in [3.63, 3.8) is 0 Å². The number of benzene rings is 2. The first kappa shape index (κ1) is 24.0. The van der Waals surface area contributed by atoms with Gasteiger partial charge in [-0.3, -0.25) is 0 Å². The number of sulfonamides is 1. The van der Waals surface area contributed by atoms with Crippen LogP contribution < -0.4 is 4.72 Å². The lowest BCUT2D eigenvalue weighted by Crippen LogP contribution is -2.34. The summed E-state index contributed by atoms with van der Waals surface area (Å²) >= 11 is 0. The van der Waals surface area contributed by atoms with Gasteiger partial charge in [-0.15, -0.1) is 0 Å². The molecule has 170 valence electrons. The minimum atomic E-state index is -3.69. The smallest absolute Gasteiger partial charge is 0.207 e. The maximum absolute atomic E-state index is 14.0. The third-order valence-electron chi connectivity index (χ3n) is 6.66. The standard InChI is InChI=1S/C27H39NO2S/c1-18(2)23-16-24(19(3)4)27(25(17-23)20(5)6)31(29,30)28-26(22-14-10-11-15-22)21-12-8-7-9-13-21/h7-9,12-13,16-20,22,26,28H,10-11,14-15H2,1-6H3/t26-/m1/s1. The van der Waals surface area contributed by atoms with Gasteiger partial charge in [-0.25, -0.2) is 13.1 Å². The Bertz CT molecular complexity index is 943. The number of hydrogen-bond donors (Lipinski definition) is 1. The van der Waals surface area contributed by atoms with Gasteiger partial charge in [0.25, 0.3) is 0 Å². The van der Waals surface area contributed by atoms with E-state index in [9.17, 15) is 8.42 Å². The molecule has 3 nitrogen and oxygen atoms in total. The van der Waals surface area contributed by atoms with Gasteiger partial charge in [0.05, 0.1) is 4.90 Å². The lowest BCUT2D eigenvalue weighted by atomic mass is 9.89. The van der Waals surface area contributed by atoms with Crippen molar-refractivity contribution in [3.8, 4) is 0 Å². The molecule has 0 unspecified atom stereocenters. The van der Waals surface area contributed by atoms with Gasteiger partial charge in [0.15, 0.2) is 0 Å². The molecule has 0 amide bonds. The fraction of sp³-hybridized carbons (Fsp3) is 0.556. The SMILES string of the molecule is CC(C)c1cc(C(C)C)c(S(=O)(=O)N[C@H](c2ccccc2)C2CCCC2)c(C(C)C)c1. The van der Waals surface area contributed by atoms with E-state index in [1.165, 1.54) is 18.4 Å². The minimum absolute atomic E-state index is 0.129. The Morgan fingerprint density at radius 2 is 1.29 bits per heavy atom. The molecule has 3 rings (SSSR count). The predicted molar refractivity (Wildman–Crippen MR) is 130 cm³/mol. The molecule has 1 aliphatic carbocycles. The Labute approximate surface area is 189 Å². The van der Waals surface area contributed by atoms with Crippen LogP contribution in [-0.2, 0) is 10.0 Å². The molecule has 0 aromatic heterocycles. The summed E-state index contributed by atoms with van der Waals surface area (Å²) in [4.78, 5) is 0.501. The highest BCUT2D eigenvalue weighted by Crippen LogP contribution is 2.39. The average Bonchev–Trinajstić information content (AvgIpc) is 3.26. The molecule has 2 aromatic carbocycles. The van der Waals surface area contributed by atoms with Crippen LogP contribution in [0.4, 0.5) is 0 Å². The van der Waals surface area contributed by atoms with Crippen LogP contribution in [0.3, 0.4) is 0 Å². The first-order chi connectivity index (χ1) is 14.6. The molecule has 0 spiro atoms. The van der Waals surface area contributed by atoms with E-state index >= 15 is 0 Å². The van der Waals surface area contributed by atoms with Crippen molar-refractivity contribution >= 4 is 10.0 Å². The molecule has 0 saturated heterocycles. The summed E-state index contributed by atoms with van der Waals surface area (Å²) in [5.74, 6) is 0.959. The van der Waals surface area contributed by atoms with Crippen molar-refractivity contribution in [1.29, 1.82) is 0 Å².